The van der Waals surface area contributed by atoms with Gasteiger partial charge in [-0.05, 0) is 6.42 Å². The standard InChI is InChI=1S/C10H13N3OS/c1-2-4-13-5-3-11-10(13)9(14)8-6-15-7-12-8/h3,5-7,9,14H,2,4H2,1H3. The van der Waals surface area contributed by atoms with Gasteiger partial charge in [-0.15, -0.1) is 11.3 Å². The van der Waals surface area contributed by atoms with Crippen LogP contribution in [0.2, 0.25) is 0 Å². The first-order valence-electron chi connectivity index (χ1n) is 4.90. The first-order valence-corrected chi connectivity index (χ1v) is 5.84. The average molecular weight is 223 g/mol. The van der Waals surface area contributed by atoms with Gasteiger partial charge >= 0.3 is 0 Å². The molecule has 0 saturated heterocycles. The van der Waals surface area contributed by atoms with Crippen molar-refractivity contribution in [3.8, 4) is 0 Å². The highest BCUT2D eigenvalue weighted by Gasteiger charge is 2.17. The summed E-state index contributed by atoms with van der Waals surface area (Å²) in [4.78, 5) is 8.26. The Hall–Kier alpha value is -1.20. The molecule has 1 atom stereocenters. The molecule has 2 aromatic rings. The Morgan fingerprint density at radius 3 is 3.07 bits per heavy atom. The maximum absolute atomic E-state index is 10.0. The van der Waals surface area contributed by atoms with Crippen molar-refractivity contribution >= 4 is 11.3 Å². The lowest BCUT2D eigenvalue weighted by atomic mass is 10.2. The molecule has 1 unspecified atom stereocenters. The van der Waals surface area contributed by atoms with Crippen LogP contribution in [0.15, 0.2) is 23.3 Å². The van der Waals surface area contributed by atoms with Crippen LogP contribution in [-0.4, -0.2) is 19.6 Å². The van der Waals surface area contributed by atoms with E-state index in [-0.39, 0.29) is 0 Å². The van der Waals surface area contributed by atoms with E-state index in [1.807, 2.05) is 16.1 Å². The number of aryl methyl sites for hydroxylation is 1. The van der Waals surface area contributed by atoms with Gasteiger partial charge in [-0.25, -0.2) is 9.97 Å². The molecule has 2 aromatic heterocycles. The third kappa shape index (κ3) is 2.08. The molecule has 2 heterocycles. The third-order valence-corrected chi connectivity index (χ3v) is 2.79. The van der Waals surface area contributed by atoms with Gasteiger partial charge in [0.05, 0.1) is 11.2 Å². The summed E-state index contributed by atoms with van der Waals surface area (Å²) in [6.45, 7) is 2.97. The summed E-state index contributed by atoms with van der Waals surface area (Å²) in [5, 5.41) is 11.9. The monoisotopic (exact) mass is 223 g/mol. The molecule has 0 fully saturated rings. The van der Waals surface area contributed by atoms with Crippen molar-refractivity contribution in [3.63, 3.8) is 0 Å². The highest BCUT2D eigenvalue weighted by atomic mass is 32.1. The van der Waals surface area contributed by atoms with Crippen molar-refractivity contribution in [2.24, 2.45) is 0 Å². The van der Waals surface area contributed by atoms with Crippen LogP contribution in [0, 0.1) is 0 Å². The van der Waals surface area contributed by atoms with E-state index < -0.39 is 6.10 Å². The number of nitrogens with zero attached hydrogens (tertiary/aromatic N) is 3. The van der Waals surface area contributed by atoms with Gasteiger partial charge < -0.3 is 9.67 Å². The van der Waals surface area contributed by atoms with Crippen LogP contribution >= 0.6 is 11.3 Å². The topological polar surface area (TPSA) is 50.9 Å². The van der Waals surface area contributed by atoms with E-state index >= 15 is 0 Å². The van der Waals surface area contributed by atoms with Gasteiger partial charge in [0.25, 0.3) is 0 Å². The van der Waals surface area contributed by atoms with E-state index in [0.29, 0.717) is 11.5 Å². The Bertz CT molecular complexity index is 410. The molecule has 15 heavy (non-hydrogen) atoms. The zero-order chi connectivity index (χ0) is 10.7. The lowest BCUT2D eigenvalue weighted by Gasteiger charge is -2.10. The van der Waals surface area contributed by atoms with Crippen LogP contribution in [0.5, 0.6) is 0 Å². The molecule has 1 N–H and O–H groups in total. The summed E-state index contributed by atoms with van der Waals surface area (Å²) < 4.78 is 1.96. The Balaban J connectivity index is 2.25. The normalized spacial score (nSPS) is 12.9. The maximum atomic E-state index is 10.0. The SMILES string of the molecule is CCCn1ccnc1C(O)c1cscn1. The minimum Gasteiger partial charge on any atom is -0.379 e. The number of aromatic nitrogens is 3. The molecule has 0 saturated carbocycles. The molecule has 0 aliphatic rings. The number of thiazole rings is 1. The van der Waals surface area contributed by atoms with Crippen LogP contribution in [0.4, 0.5) is 0 Å². The summed E-state index contributed by atoms with van der Waals surface area (Å²) in [5.41, 5.74) is 2.38. The van der Waals surface area contributed by atoms with Gasteiger partial charge in [-0.3, -0.25) is 0 Å². The van der Waals surface area contributed by atoms with E-state index in [9.17, 15) is 5.11 Å². The van der Waals surface area contributed by atoms with Gasteiger partial charge in [-0.2, -0.15) is 0 Å². The molecule has 0 bridgehead atoms. The summed E-state index contributed by atoms with van der Waals surface area (Å²) in [6.07, 6.45) is 3.90. The van der Waals surface area contributed by atoms with Crippen LogP contribution < -0.4 is 0 Å². The summed E-state index contributed by atoms with van der Waals surface area (Å²) in [6, 6.07) is 0. The molecule has 2 rings (SSSR count). The number of hydrogen-bond acceptors (Lipinski definition) is 4. The number of imidazole rings is 1. The number of aliphatic hydroxyl groups is 1. The fourth-order valence-corrected chi connectivity index (χ4v) is 2.06. The largest absolute Gasteiger partial charge is 0.379 e. The molecule has 4 nitrogen and oxygen atoms in total. The highest BCUT2D eigenvalue weighted by Crippen LogP contribution is 2.20. The number of aliphatic hydroxyl groups excluding tert-OH is 1. The van der Waals surface area contributed by atoms with Crippen LogP contribution in [-0.2, 0) is 6.54 Å². The number of rotatable bonds is 4. The molecule has 0 aliphatic heterocycles. The second kappa shape index (κ2) is 4.55. The lowest BCUT2D eigenvalue weighted by molar-refractivity contribution is 0.200. The maximum Gasteiger partial charge on any atom is 0.154 e. The van der Waals surface area contributed by atoms with Crippen molar-refractivity contribution in [2.75, 3.05) is 0 Å². The van der Waals surface area contributed by atoms with Gasteiger partial charge in [0, 0.05) is 24.3 Å². The first-order chi connectivity index (χ1) is 7.33. The Labute approximate surface area is 92.2 Å². The molecule has 5 heteroatoms. The van der Waals surface area contributed by atoms with Crippen LogP contribution in [0.25, 0.3) is 0 Å². The molecule has 0 aliphatic carbocycles. The molecule has 0 spiro atoms. The quantitative estimate of drug-likeness (QED) is 0.860. The van der Waals surface area contributed by atoms with E-state index in [1.165, 1.54) is 11.3 Å². The Morgan fingerprint density at radius 2 is 2.40 bits per heavy atom. The van der Waals surface area contributed by atoms with Crippen LogP contribution in [0.3, 0.4) is 0 Å². The second-order valence-electron chi connectivity index (χ2n) is 3.29. The van der Waals surface area contributed by atoms with Gasteiger partial charge in [0.15, 0.2) is 6.10 Å². The van der Waals surface area contributed by atoms with Crippen molar-refractivity contribution in [2.45, 2.75) is 26.0 Å². The minimum absolute atomic E-state index is 0.669. The van der Waals surface area contributed by atoms with E-state index in [2.05, 4.69) is 16.9 Å². The highest BCUT2D eigenvalue weighted by molar-refractivity contribution is 7.07. The summed E-state index contributed by atoms with van der Waals surface area (Å²) in [7, 11) is 0. The molecule has 0 amide bonds. The van der Waals surface area contributed by atoms with Gasteiger partial charge in [0.2, 0.25) is 0 Å². The van der Waals surface area contributed by atoms with E-state index in [4.69, 9.17) is 0 Å². The van der Waals surface area contributed by atoms with Crippen molar-refractivity contribution in [1.82, 2.24) is 14.5 Å². The van der Waals surface area contributed by atoms with Gasteiger partial charge in [-0.1, -0.05) is 6.92 Å². The zero-order valence-electron chi connectivity index (χ0n) is 8.50. The lowest BCUT2D eigenvalue weighted by Crippen LogP contribution is -2.09. The average Bonchev–Trinajstić information content (AvgIpc) is 2.87. The van der Waals surface area contributed by atoms with Crippen molar-refractivity contribution in [1.29, 1.82) is 0 Å². The molecule has 80 valence electrons. The smallest absolute Gasteiger partial charge is 0.154 e. The molecule has 0 aromatic carbocycles. The van der Waals surface area contributed by atoms with Crippen LogP contribution in [0.1, 0.15) is 31.0 Å². The van der Waals surface area contributed by atoms with Crippen molar-refractivity contribution < 1.29 is 5.11 Å². The minimum atomic E-state index is -0.710. The Morgan fingerprint density at radius 1 is 1.53 bits per heavy atom. The first kappa shape index (κ1) is 10.3. The van der Waals surface area contributed by atoms with Crippen molar-refractivity contribution in [3.05, 3.63) is 34.8 Å². The predicted molar refractivity (Wildman–Crippen MR) is 58.7 cm³/mol. The second-order valence-corrected chi connectivity index (χ2v) is 4.01. The Kier molecular flexibility index (Phi) is 3.13. The van der Waals surface area contributed by atoms with E-state index in [0.717, 1.165) is 13.0 Å². The third-order valence-electron chi connectivity index (χ3n) is 2.19. The molecule has 0 radical (unpaired) electrons. The fraction of sp³-hybridized carbons (Fsp3) is 0.400. The fourth-order valence-electron chi connectivity index (χ4n) is 1.49. The van der Waals surface area contributed by atoms with E-state index in [1.54, 1.807) is 11.7 Å². The molecular weight excluding hydrogens is 210 g/mol. The number of hydrogen-bond donors (Lipinski definition) is 1. The summed E-state index contributed by atoms with van der Waals surface area (Å²) in [5.74, 6) is 0.669. The van der Waals surface area contributed by atoms with Gasteiger partial charge in [0.1, 0.15) is 5.82 Å². The molecular formula is C10H13N3OS. The predicted octanol–water partition coefficient (Wildman–Crippen LogP) is 1.83. The zero-order valence-corrected chi connectivity index (χ0v) is 9.31. The summed E-state index contributed by atoms with van der Waals surface area (Å²) >= 11 is 1.48.